The van der Waals surface area contributed by atoms with Crippen molar-refractivity contribution in [2.45, 2.75) is 38.5 Å². The summed E-state index contributed by atoms with van der Waals surface area (Å²) in [7, 11) is 0. The molecule has 0 aliphatic heterocycles. The van der Waals surface area contributed by atoms with Crippen LogP contribution in [0.1, 0.15) is 38.5 Å². The van der Waals surface area contributed by atoms with Crippen LogP contribution in [-0.2, 0) is 4.79 Å². The smallest absolute Gasteiger partial charge is 0.143 e. The number of carbonyl (C=O) groups excluding carboxylic acids is 1. The van der Waals surface area contributed by atoms with Crippen molar-refractivity contribution in [1.29, 1.82) is 0 Å². The minimum atomic E-state index is 0.0469. The summed E-state index contributed by atoms with van der Waals surface area (Å²) < 4.78 is 0. The highest BCUT2D eigenvalue weighted by atomic mass is 16.1. The molecule has 0 bridgehead atoms. The standard InChI is InChI=1S/C11H14O/c12-9-3-6-10-4-1-2-5-11(9,10)8-7-10/h7-8H,1-6H2. The molecule has 0 aromatic carbocycles. The first-order valence-electron chi connectivity index (χ1n) is 5.03. The first kappa shape index (κ1) is 6.88. The minimum absolute atomic E-state index is 0.0469. The van der Waals surface area contributed by atoms with Gasteiger partial charge in [0.15, 0.2) is 0 Å². The number of hydrogen-bond acceptors (Lipinski definition) is 1. The van der Waals surface area contributed by atoms with Gasteiger partial charge in [0.05, 0.1) is 5.41 Å². The molecule has 0 heterocycles. The van der Waals surface area contributed by atoms with Gasteiger partial charge in [0.2, 0.25) is 0 Å². The third-order valence-corrected chi connectivity index (χ3v) is 4.32. The maximum Gasteiger partial charge on any atom is 0.143 e. The number of ketones is 1. The fourth-order valence-corrected chi connectivity index (χ4v) is 3.50. The van der Waals surface area contributed by atoms with Gasteiger partial charge in [-0.2, -0.15) is 0 Å². The van der Waals surface area contributed by atoms with Gasteiger partial charge in [-0.25, -0.2) is 0 Å². The highest BCUT2D eigenvalue weighted by Crippen LogP contribution is 2.66. The summed E-state index contributed by atoms with van der Waals surface area (Å²) in [6, 6.07) is 0. The van der Waals surface area contributed by atoms with Crippen LogP contribution in [0.2, 0.25) is 0 Å². The summed E-state index contributed by atoms with van der Waals surface area (Å²) in [4.78, 5) is 11.7. The first-order valence-corrected chi connectivity index (χ1v) is 5.03. The summed E-state index contributed by atoms with van der Waals surface area (Å²) >= 11 is 0. The van der Waals surface area contributed by atoms with Crippen molar-refractivity contribution in [3.8, 4) is 0 Å². The quantitative estimate of drug-likeness (QED) is 0.500. The van der Waals surface area contributed by atoms with Crippen LogP contribution in [0.25, 0.3) is 0 Å². The Balaban J connectivity index is 2.11. The van der Waals surface area contributed by atoms with Crippen molar-refractivity contribution in [1.82, 2.24) is 0 Å². The van der Waals surface area contributed by atoms with Crippen molar-refractivity contribution >= 4 is 5.78 Å². The molecule has 3 rings (SSSR count). The van der Waals surface area contributed by atoms with E-state index in [2.05, 4.69) is 12.2 Å². The van der Waals surface area contributed by atoms with E-state index in [-0.39, 0.29) is 5.41 Å². The Hall–Kier alpha value is -0.590. The molecule has 3 aliphatic carbocycles. The molecule has 2 fully saturated rings. The Morgan fingerprint density at radius 1 is 1.08 bits per heavy atom. The van der Waals surface area contributed by atoms with Crippen LogP contribution in [0.15, 0.2) is 12.2 Å². The van der Waals surface area contributed by atoms with E-state index >= 15 is 0 Å². The van der Waals surface area contributed by atoms with E-state index in [4.69, 9.17) is 0 Å². The molecular weight excluding hydrogens is 148 g/mol. The van der Waals surface area contributed by atoms with E-state index in [1.165, 1.54) is 19.3 Å². The van der Waals surface area contributed by atoms with Crippen LogP contribution >= 0.6 is 0 Å². The fourth-order valence-electron chi connectivity index (χ4n) is 3.50. The maximum absolute atomic E-state index is 11.7. The SMILES string of the molecule is O=C1CCC23C=CC12CCCC3. The lowest BCUT2D eigenvalue weighted by molar-refractivity contribution is -0.129. The number of carbonyl (C=O) groups is 1. The van der Waals surface area contributed by atoms with Gasteiger partial charge in [0.25, 0.3) is 0 Å². The Labute approximate surface area is 72.8 Å². The van der Waals surface area contributed by atoms with Crippen LogP contribution in [0.4, 0.5) is 0 Å². The zero-order valence-electron chi connectivity index (χ0n) is 7.31. The molecule has 0 spiro atoms. The molecule has 2 atom stereocenters. The Morgan fingerprint density at radius 2 is 1.92 bits per heavy atom. The van der Waals surface area contributed by atoms with Gasteiger partial charge in [-0.15, -0.1) is 0 Å². The van der Waals surface area contributed by atoms with Crippen molar-refractivity contribution in [3.63, 3.8) is 0 Å². The third kappa shape index (κ3) is 0.502. The molecule has 64 valence electrons. The molecule has 0 radical (unpaired) electrons. The zero-order chi connectivity index (χ0) is 8.23. The average molecular weight is 162 g/mol. The second kappa shape index (κ2) is 1.84. The molecular formula is C11H14O. The second-order valence-corrected chi connectivity index (χ2v) is 4.59. The highest BCUT2D eigenvalue weighted by molar-refractivity contribution is 5.92. The first-order chi connectivity index (χ1) is 5.79. The van der Waals surface area contributed by atoms with Gasteiger partial charge in [-0.05, 0) is 19.3 Å². The van der Waals surface area contributed by atoms with Crippen LogP contribution in [0, 0.1) is 10.8 Å². The fraction of sp³-hybridized carbons (Fsp3) is 0.727. The van der Waals surface area contributed by atoms with Crippen molar-refractivity contribution in [3.05, 3.63) is 12.2 Å². The third-order valence-electron chi connectivity index (χ3n) is 4.32. The lowest BCUT2D eigenvalue weighted by Crippen LogP contribution is -2.47. The van der Waals surface area contributed by atoms with Gasteiger partial charge in [0.1, 0.15) is 5.78 Å². The van der Waals surface area contributed by atoms with Crippen LogP contribution in [0.3, 0.4) is 0 Å². The Bertz CT molecular complexity index is 279. The Kier molecular flexibility index (Phi) is 1.05. The molecule has 0 aromatic rings. The molecule has 2 saturated carbocycles. The summed E-state index contributed by atoms with van der Waals surface area (Å²) in [6.45, 7) is 0. The van der Waals surface area contributed by atoms with Crippen LogP contribution in [-0.4, -0.2) is 5.78 Å². The predicted molar refractivity (Wildman–Crippen MR) is 46.7 cm³/mol. The number of Topliss-reactive ketones (excluding diaryl/α,β-unsaturated/α-hetero) is 1. The summed E-state index contributed by atoms with van der Waals surface area (Å²) in [5, 5.41) is 0. The molecule has 12 heavy (non-hydrogen) atoms. The van der Waals surface area contributed by atoms with Crippen molar-refractivity contribution < 1.29 is 4.79 Å². The van der Waals surface area contributed by atoms with Crippen molar-refractivity contribution in [2.75, 3.05) is 0 Å². The lowest BCUT2D eigenvalue weighted by Gasteiger charge is -2.51. The van der Waals surface area contributed by atoms with Crippen LogP contribution < -0.4 is 0 Å². The lowest BCUT2D eigenvalue weighted by atomic mass is 9.51. The molecule has 1 heteroatoms. The minimum Gasteiger partial charge on any atom is -0.299 e. The molecule has 2 unspecified atom stereocenters. The average Bonchev–Trinajstić information content (AvgIpc) is 2.27. The number of hydrogen-bond donors (Lipinski definition) is 0. The van der Waals surface area contributed by atoms with Crippen molar-refractivity contribution in [2.24, 2.45) is 10.8 Å². The topological polar surface area (TPSA) is 17.1 Å². The van der Waals surface area contributed by atoms with E-state index in [1.54, 1.807) is 0 Å². The van der Waals surface area contributed by atoms with Crippen LogP contribution in [0.5, 0.6) is 0 Å². The van der Waals surface area contributed by atoms with Gasteiger partial charge >= 0.3 is 0 Å². The summed E-state index contributed by atoms with van der Waals surface area (Å²) in [5.74, 6) is 0.532. The van der Waals surface area contributed by atoms with E-state index in [1.807, 2.05) is 0 Å². The molecule has 0 N–H and O–H groups in total. The molecule has 3 aliphatic rings. The highest BCUT2D eigenvalue weighted by Gasteiger charge is 2.62. The molecule has 0 saturated heterocycles. The molecule has 1 nitrogen and oxygen atoms in total. The molecule has 0 aromatic heterocycles. The Morgan fingerprint density at radius 3 is 2.58 bits per heavy atom. The van der Waals surface area contributed by atoms with Gasteiger partial charge in [-0.3, -0.25) is 4.79 Å². The van der Waals surface area contributed by atoms with E-state index in [0.29, 0.717) is 11.2 Å². The van der Waals surface area contributed by atoms with E-state index in [0.717, 1.165) is 19.3 Å². The number of rotatable bonds is 0. The van der Waals surface area contributed by atoms with Gasteiger partial charge < -0.3 is 0 Å². The van der Waals surface area contributed by atoms with Gasteiger partial charge in [-0.1, -0.05) is 25.0 Å². The molecule has 0 amide bonds. The normalized spacial score (nSPS) is 49.8. The predicted octanol–water partition coefficient (Wildman–Crippen LogP) is 2.47. The summed E-state index contributed by atoms with van der Waals surface area (Å²) in [5.41, 5.74) is 0.396. The van der Waals surface area contributed by atoms with E-state index in [9.17, 15) is 4.79 Å². The monoisotopic (exact) mass is 162 g/mol. The largest absolute Gasteiger partial charge is 0.299 e. The second-order valence-electron chi connectivity index (χ2n) is 4.59. The zero-order valence-corrected chi connectivity index (χ0v) is 7.31. The number of allylic oxidation sites excluding steroid dienone is 2. The maximum atomic E-state index is 11.7. The van der Waals surface area contributed by atoms with E-state index < -0.39 is 0 Å². The summed E-state index contributed by atoms with van der Waals surface area (Å²) in [6.07, 6.45) is 11.5. The van der Waals surface area contributed by atoms with Gasteiger partial charge in [0, 0.05) is 11.8 Å².